The van der Waals surface area contributed by atoms with Gasteiger partial charge >= 0.3 is 5.97 Å². The molecule has 0 fully saturated rings. The number of carboxylic acids is 1. The van der Waals surface area contributed by atoms with Crippen LogP contribution in [0.2, 0.25) is 0 Å². The van der Waals surface area contributed by atoms with Gasteiger partial charge < -0.3 is 20.9 Å². The summed E-state index contributed by atoms with van der Waals surface area (Å²) in [6.45, 7) is 0.977. The lowest BCUT2D eigenvalue weighted by Crippen LogP contribution is -2.31. The van der Waals surface area contributed by atoms with E-state index in [9.17, 15) is 9.59 Å². The number of carbonyl (C=O) groups is 2. The SMILES string of the molecule is COCCNC(=O)CSCCC(N)C(=O)O. The van der Waals surface area contributed by atoms with Crippen molar-refractivity contribution in [2.24, 2.45) is 5.73 Å². The predicted octanol–water partition coefficient (Wildman–Crippen LogP) is -0.716. The van der Waals surface area contributed by atoms with Crippen LogP contribution in [0.15, 0.2) is 0 Å². The Kier molecular flexibility index (Phi) is 8.97. The Balaban J connectivity index is 3.37. The van der Waals surface area contributed by atoms with Gasteiger partial charge in [-0.2, -0.15) is 11.8 Å². The van der Waals surface area contributed by atoms with Crippen molar-refractivity contribution in [2.45, 2.75) is 12.5 Å². The lowest BCUT2D eigenvalue weighted by atomic mass is 10.2. The Labute approximate surface area is 98.9 Å². The highest BCUT2D eigenvalue weighted by atomic mass is 32.2. The highest BCUT2D eigenvalue weighted by molar-refractivity contribution is 7.99. The number of rotatable bonds is 9. The third-order valence-electron chi connectivity index (χ3n) is 1.75. The lowest BCUT2D eigenvalue weighted by molar-refractivity contribution is -0.138. The summed E-state index contributed by atoms with van der Waals surface area (Å²) >= 11 is 1.37. The van der Waals surface area contributed by atoms with E-state index in [-0.39, 0.29) is 5.91 Å². The number of amides is 1. The summed E-state index contributed by atoms with van der Waals surface area (Å²) in [5.74, 6) is -0.211. The third-order valence-corrected chi connectivity index (χ3v) is 2.74. The van der Waals surface area contributed by atoms with Crippen LogP contribution < -0.4 is 11.1 Å². The standard InChI is InChI=1S/C9H18N2O4S/c1-15-4-3-11-8(12)6-16-5-2-7(10)9(13)14/h7H,2-6,10H2,1H3,(H,11,12)(H,13,14). The molecule has 0 saturated carbocycles. The summed E-state index contributed by atoms with van der Waals surface area (Å²) in [4.78, 5) is 21.5. The zero-order valence-corrected chi connectivity index (χ0v) is 10.1. The molecular formula is C9H18N2O4S. The van der Waals surface area contributed by atoms with Gasteiger partial charge in [0.25, 0.3) is 0 Å². The highest BCUT2D eigenvalue weighted by Crippen LogP contribution is 2.03. The van der Waals surface area contributed by atoms with Gasteiger partial charge in [-0.05, 0) is 12.2 Å². The molecule has 0 heterocycles. The van der Waals surface area contributed by atoms with E-state index < -0.39 is 12.0 Å². The molecule has 6 nitrogen and oxygen atoms in total. The van der Waals surface area contributed by atoms with Gasteiger partial charge in [0.2, 0.25) is 5.91 Å². The number of hydrogen-bond acceptors (Lipinski definition) is 5. The molecule has 7 heteroatoms. The van der Waals surface area contributed by atoms with Crippen LogP contribution in [-0.2, 0) is 14.3 Å². The van der Waals surface area contributed by atoms with Crippen molar-refractivity contribution in [3.8, 4) is 0 Å². The molecule has 1 atom stereocenters. The molecule has 0 aromatic heterocycles. The summed E-state index contributed by atoms with van der Waals surface area (Å²) in [6.07, 6.45) is 0.366. The van der Waals surface area contributed by atoms with E-state index in [1.165, 1.54) is 11.8 Å². The van der Waals surface area contributed by atoms with Crippen LogP contribution in [0.25, 0.3) is 0 Å². The summed E-state index contributed by atoms with van der Waals surface area (Å²) in [5.41, 5.74) is 5.30. The van der Waals surface area contributed by atoms with Crippen LogP contribution in [0.3, 0.4) is 0 Å². The van der Waals surface area contributed by atoms with Crippen molar-refractivity contribution in [3.63, 3.8) is 0 Å². The molecule has 16 heavy (non-hydrogen) atoms. The molecule has 0 aromatic rings. The van der Waals surface area contributed by atoms with Crippen LogP contribution in [0.5, 0.6) is 0 Å². The first kappa shape index (κ1) is 15.2. The molecule has 0 radical (unpaired) electrons. The maximum Gasteiger partial charge on any atom is 0.320 e. The number of nitrogens with one attached hydrogen (secondary N) is 1. The zero-order chi connectivity index (χ0) is 12.4. The van der Waals surface area contributed by atoms with Gasteiger partial charge in [-0.1, -0.05) is 0 Å². The molecule has 0 aliphatic rings. The van der Waals surface area contributed by atoms with Crippen LogP contribution in [0, 0.1) is 0 Å². The molecule has 1 unspecified atom stereocenters. The first-order valence-corrected chi connectivity index (χ1v) is 6.05. The Morgan fingerprint density at radius 1 is 1.56 bits per heavy atom. The summed E-state index contributed by atoms with van der Waals surface area (Å²) in [7, 11) is 1.56. The first-order chi connectivity index (χ1) is 7.57. The molecule has 0 saturated heterocycles. The minimum absolute atomic E-state index is 0.0778. The predicted molar refractivity (Wildman–Crippen MR) is 62.4 cm³/mol. The fourth-order valence-electron chi connectivity index (χ4n) is 0.842. The van der Waals surface area contributed by atoms with Crippen molar-refractivity contribution in [3.05, 3.63) is 0 Å². The van der Waals surface area contributed by atoms with Gasteiger partial charge in [0.05, 0.1) is 12.4 Å². The lowest BCUT2D eigenvalue weighted by Gasteiger charge is -2.06. The van der Waals surface area contributed by atoms with Crippen molar-refractivity contribution >= 4 is 23.6 Å². The minimum Gasteiger partial charge on any atom is -0.480 e. The third kappa shape index (κ3) is 8.51. The van der Waals surface area contributed by atoms with E-state index in [0.717, 1.165) is 0 Å². The average Bonchev–Trinajstić information content (AvgIpc) is 2.24. The van der Waals surface area contributed by atoms with E-state index >= 15 is 0 Å². The minimum atomic E-state index is -1.01. The number of aliphatic carboxylic acids is 1. The smallest absolute Gasteiger partial charge is 0.320 e. The van der Waals surface area contributed by atoms with Crippen LogP contribution >= 0.6 is 11.8 Å². The molecule has 0 bridgehead atoms. The second-order valence-corrected chi connectivity index (χ2v) is 4.23. The Morgan fingerprint density at radius 2 is 2.25 bits per heavy atom. The number of carbonyl (C=O) groups excluding carboxylic acids is 1. The molecule has 94 valence electrons. The van der Waals surface area contributed by atoms with Crippen molar-refractivity contribution in [1.29, 1.82) is 0 Å². The maximum atomic E-state index is 11.2. The van der Waals surface area contributed by atoms with Gasteiger partial charge in [-0.3, -0.25) is 9.59 Å². The molecule has 0 spiro atoms. The Bertz CT molecular complexity index is 226. The molecule has 0 aliphatic heterocycles. The maximum absolute atomic E-state index is 11.2. The van der Waals surface area contributed by atoms with Crippen molar-refractivity contribution in [2.75, 3.05) is 31.8 Å². The second-order valence-electron chi connectivity index (χ2n) is 3.13. The topological polar surface area (TPSA) is 102 Å². The fraction of sp³-hybridized carbons (Fsp3) is 0.778. The number of thioether (sulfide) groups is 1. The quantitative estimate of drug-likeness (QED) is 0.467. The summed E-state index contributed by atoms with van der Waals surface area (Å²) in [5, 5.41) is 11.2. The molecule has 1 amide bonds. The van der Waals surface area contributed by atoms with E-state index in [1.54, 1.807) is 7.11 Å². The summed E-state index contributed by atoms with van der Waals surface area (Å²) in [6, 6.07) is -0.843. The van der Waals surface area contributed by atoms with Crippen LogP contribution in [0.4, 0.5) is 0 Å². The number of carboxylic acid groups (broad SMARTS) is 1. The first-order valence-electron chi connectivity index (χ1n) is 4.89. The fourth-order valence-corrected chi connectivity index (χ4v) is 1.69. The highest BCUT2D eigenvalue weighted by Gasteiger charge is 2.10. The van der Waals surface area contributed by atoms with Gasteiger partial charge in [-0.15, -0.1) is 0 Å². The second kappa shape index (κ2) is 9.44. The van der Waals surface area contributed by atoms with Gasteiger partial charge in [0, 0.05) is 13.7 Å². The van der Waals surface area contributed by atoms with Crippen LogP contribution in [-0.4, -0.2) is 54.8 Å². The largest absolute Gasteiger partial charge is 0.480 e. The molecule has 0 rings (SSSR count). The molecular weight excluding hydrogens is 232 g/mol. The van der Waals surface area contributed by atoms with Gasteiger partial charge in [0.15, 0.2) is 0 Å². The van der Waals surface area contributed by atoms with Crippen LogP contribution in [0.1, 0.15) is 6.42 Å². The van der Waals surface area contributed by atoms with E-state index in [1.807, 2.05) is 0 Å². The van der Waals surface area contributed by atoms with E-state index in [0.29, 0.717) is 31.1 Å². The van der Waals surface area contributed by atoms with Gasteiger partial charge in [0.1, 0.15) is 6.04 Å². The number of nitrogens with two attached hydrogens (primary N) is 1. The molecule has 4 N–H and O–H groups in total. The normalized spacial score (nSPS) is 12.1. The van der Waals surface area contributed by atoms with E-state index in [4.69, 9.17) is 15.6 Å². The molecule has 0 aromatic carbocycles. The van der Waals surface area contributed by atoms with E-state index in [2.05, 4.69) is 5.32 Å². The molecule has 0 aliphatic carbocycles. The van der Waals surface area contributed by atoms with Gasteiger partial charge in [-0.25, -0.2) is 0 Å². The average molecular weight is 250 g/mol. The van der Waals surface area contributed by atoms with Crippen molar-refractivity contribution in [1.82, 2.24) is 5.32 Å². The van der Waals surface area contributed by atoms with Crippen molar-refractivity contribution < 1.29 is 19.4 Å². The zero-order valence-electron chi connectivity index (χ0n) is 9.27. The number of methoxy groups -OCH3 is 1. The number of hydrogen-bond donors (Lipinski definition) is 3. The Morgan fingerprint density at radius 3 is 2.81 bits per heavy atom. The number of ether oxygens (including phenoxy) is 1. The summed E-state index contributed by atoms with van der Waals surface area (Å²) < 4.78 is 4.77. The monoisotopic (exact) mass is 250 g/mol. The Hall–Kier alpha value is -0.790.